The van der Waals surface area contributed by atoms with Crippen LogP contribution in [0.25, 0.3) is 0 Å². The lowest BCUT2D eigenvalue weighted by atomic mass is 10.6. The van der Waals surface area contributed by atoms with E-state index in [1.54, 1.807) is 0 Å². The molecule has 0 aliphatic heterocycles. The summed E-state index contributed by atoms with van der Waals surface area (Å²) in [4.78, 5) is 8.35. The zero-order chi connectivity index (χ0) is 9.40. The van der Waals surface area contributed by atoms with Crippen LogP contribution in [0.4, 0.5) is 0 Å². The Morgan fingerprint density at radius 1 is 1.83 bits per heavy atom. The Balaban J connectivity index is 0.000000354. The summed E-state index contributed by atoms with van der Waals surface area (Å²) >= 11 is 0. The molecule has 1 rings (SSSR count). The van der Waals surface area contributed by atoms with Gasteiger partial charge in [0.25, 0.3) is 0 Å². The fourth-order valence-corrected chi connectivity index (χ4v) is 0.701. The maximum absolute atomic E-state index is 8.35. The molecular weight excluding hydrogens is 175 g/mol. The molecule has 4 nitrogen and oxygen atoms in total. The van der Waals surface area contributed by atoms with Crippen molar-refractivity contribution in [3.8, 4) is 12.3 Å². The lowest BCUT2D eigenvalue weighted by molar-refractivity contribution is -0.671. The van der Waals surface area contributed by atoms with E-state index in [2.05, 4.69) is 5.92 Å². The van der Waals surface area contributed by atoms with Crippen LogP contribution >= 0.6 is 8.69 Å². The van der Waals surface area contributed by atoms with Gasteiger partial charge in [0, 0.05) is 0 Å². The first-order valence-electron chi connectivity index (χ1n) is 3.14. The summed E-state index contributed by atoms with van der Waals surface area (Å²) in [5.41, 5.74) is 0. The maximum atomic E-state index is 8.35. The van der Waals surface area contributed by atoms with E-state index in [1.807, 2.05) is 34.9 Å². The molecule has 0 unspecified atom stereocenters. The van der Waals surface area contributed by atoms with Crippen molar-refractivity contribution in [1.29, 1.82) is 0 Å². The monoisotopic (exact) mass is 184 g/mol. The second-order valence-corrected chi connectivity index (χ2v) is 2.18. The van der Waals surface area contributed by atoms with Gasteiger partial charge in [0.15, 0.2) is 6.54 Å². The molecule has 0 aliphatic rings. The second-order valence-electron chi connectivity index (χ2n) is 2.03. The molecule has 0 aromatic carbocycles. The van der Waals surface area contributed by atoms with Crippen LogP contribution in [-0.4, -0.2) is 4.57 Å². The average Bonchev–Trinajstić information content (AvgIpc) is 2.38. The van der Waals surface area contributed by atoms with Crippen molar-refractivity contribution in [2.24, 2.45) is 7.05 Å². The number of aryl methyl sites for hydroxylation is 1. The van der Waals surface area contributed by atoms with Crippen molar-refractivity contribution in [1.82, 2.24) is 4.57 Å². The van der Waals surface area contributed by atoms with Crippen molar-refractivity contribution >= 4 is 8.69 Å². The van der Waals surface area contributed by atoms with Crippen molar-refractivity contribution < 1.29 is 14.0 Å². The van der Waals surface area contributed by atoms with Gasteiger partial charge in [0.1, 0.15) is 12.4 Å². The van der Waals surface area contributed by atoms with Crippen LogP contribution in [0.5, 0.6) is 0 Å². The van der Waals surface area contributed by atoms with E-state index >= 15 is 0 Å². The lowest BCUT2D eigenvalue weighted by Crippen LogP contribution is -2.23. The largest absolute Gasteiger partial charge is 0.772 e. The first kappa shape index (κ1) is 10.8. The van der Waals surface area contributed by atoms with Crippen LogP contribution < -0.4 is 9.46 Å². The Hall–Kier alpha value is -1.17. The molecule has 0 N–H and O–H groups in total. The summed E-state index contributed by atoms with van der Waals surface area (Å²) in [5.74, 6) is 2.55. The van der Waals surface area contributed by atoms with E-state index in [1.165, 1.54) is 0 Å². The van der Waals surface area contributed by atoms with E-state index < -0.39 is 8.69 Å². The van der Waals surface area contributed by atoms with Gasteiger partial charge in [0.2, 0.25) is 6.33 Å². The van der Waals surface area contributed by atoms with E-state index in [4.69, 9.17) is 15.9 Å². The third-order valence-electron chi connectivity index (χ3n) is 1.10. The van der Waals surface area contributed by atoms with Gasteiger partial charge >= 0.3 is 0 Å². The number of imidazole rings is 1. The quantitative estimate of drug-likeness (QED) is 0.335. The van der Waals surface area contributed by atoms with Crippen molar-refractivity contribution in [2.45, 2.75) is 6.54 Å². The minimum absolute atomic E-state index is 0.654. The highest BCUT2D eigenvalue weighted by atomic mass is 31.1. The molecule has 0 bridgehead atoms. The zero-order valence-corrected chi connectivity index (χ0v) is 7.57. The molecule has 64 valence electrons. The molecule has 1 aromatic rings. The summed E-state index contributed by atoms with van der Waals surface area (Å²) in [7, 11) is 0.882. The molecule has 0 spiro atoms. The third kappa shape index (κ3) is 4.62. The van der Waals surface area contributed by atoms with Crippen LogP contribution in [0.1, 0.15) is 0 Å². The summed E-state index contributed by atoms with van der Waals surface area (Å²) in [6.45, 7) is 0.654. The first-order chi connectivity index (χ1) is 5.74. The standard InChI is InChI=1S/C7H9N2.HO2P/c1-3-4-9-6-5-8(2)7-9;1-3-2/h1,5-7H,4H2,2H3;(H,1,2)/q+1;/p-1. The van der Waals surface area contributed by atoms with E-state index in [0.29, 0.717) is 6.54 Å². The Morgan fingerprint density at radius 2 is 2.42 bits per heavy atom. The molecule has 1 aromatic heterocycles. The van der Waals surface area contributed by atoms with Crippen molar-refractivity contribution in [2.75, 3.05) is 0 Å². The Morgan fingerprint density at radius 3 is 2.75 bits per heavy atom. The molecule has 0 saturated carbocycles. The molecule has 12 heavy (non-hydrogen) atoms. The van der Waals surface area contributed by atoms with Gasteiger partial charge in [-0.3, -0.25) is 4.57 Å². The molecule has 5 heteroatoms. The van der Waals surface area contributed by atoms with Gasteiger partial charge in [0.05, 0.1) is 15.7 Å². The van der Waals surface area contributed by atoms with Crippen LogP contribution in [0.3, 0.4) is 0 Å². The number of hydrogen-bond acceptors (Lipinski definition) is 2. The number of hydrogen-bond donors (Lipinski definition) is 0. The van der Waals surface area contributed by atoms with Gasteiger partial charge < -0.3 is 4.89 Å². The van der Waals surface area contributed by atoms with E-state index in [9.17, 15) is 0 Å². The van der Waals surface area contributed by atoms with Crippen LogP contribution in [0.2, 0.25) is 0 Å². The summed E-state index contributed by atoms with van der Waals surface area (Å²) in [5, 5.41) is 0. The number of terminal acetylenes is 1. The minimum Gasteiger partial charge on any atom is -0.772 e. The number of rotatable bonds is 1. The lowest BCUT2D eigenvalue weighted by Gasteiger charge is -1.81. The molecule has 0 fully saturated rings. The fourth-order valence-electron chi connectivity index (χ4n) is 0.701. The Kier molecular flexibility index (Phi) is 5.90. The molecule has 0 radical (unpaired) electrons. The van der Waals surface area contributed by atoms with Crippen LogP contribution in [-0.2, 0) is 18.2 Å². The second kappa shape index (κ2) is 6.53. The highest BCUT2D eigenvalue weighted by molar-refractivity contribution is 7.14. The first-order valence-corrected chi connectivity index (χ1v) is 3.87. The van der Waals surface area contributed by atoms with E-state index in [-0.39, 0.29) is 0 Å². The predicted octanol–water partition coefficient (Wildman–Crippen LogP) is -0.501. The van der Waals surface area contributed by atoms with Crippen molar-refractivity contribution in [3.63, 3.8) is 0 Å². The predicted molar refractivity (Wildman–Crippen MR) is 42.0 cm³/mol. The SMILES string of the molecule is C#CCn1cc[n+](C)c1.O=P[O-]. The zero-order valence-electron chi connectivity index (χ0n) is 6.67. The molecule has 0 atom stereocenters. The van der Waals surface area contributed by atoms with Crippen LogP contribution in [0, 0.1) is 12.3 Å². The third-order valence-corrected chi connectivity index (χ3v) is 1.10. The number of nitrogens with zero attached hydrogens (tertiary/aromatic N) is 2. The number of aromatic nitrogens is 2. The highest BCUT2D eigenvalue weighted by Crippen LogP contribution is 1.79. The molecule has 0 saturated heterocycles. The minimum atomic E-state index is -1.08. The topological polar surface area (TPSA) is 48.9 Å². The summed E-state index contributed by atoms with van der Waals surface area (Å²) in [6, 6.07) is 0. The Labute approximate surface area is 72.7 Å². The van der Waals surface area contributed by atoms with Crippen LogP contribution in [0.15, 0.2) is 18.7 Å². The maximum Gasteiger partial charge on any atom is 0.244 e. The molecule has 0 aliphatic carbocycles. The summed E-state index contributed by atoms with van der Waals surface area (Å²) < 4.78 is 12.2. The Bertz CT molecular complexity index is 277. The average molecular weight is 184 g/mol. The van der Waals surface area contributed by atoms with Gasteiger partial charge in [-0.1, -0.05) is 5.92 Å². The van der Waals surface area contributed by atoms with Crippen molar-refractivity contribution in [3.05, 3.63) is 18.7 Å². The van der Waals surface area contributed by atoms with Gasteiger partial charge in [-0.05, 0) is 0 Å². The van der Waals surface area contributed by atoms with Gasteiger partial charge in [-0.15, -0.1) is 6.42 Å². The highest BCUT2D eigenvalue weighted by Gasteiger charge is 1.93. The van der Waals surface area contributed by atoms with Gasteiger partial charge in [-0.2, -0.15) is 0 Å². The molecular formula is C7H9N2O2P. The smallest absolute Gasteiger partial charge is 0.244 e. The molecule has 1 heterocycles. The van der Waals surface area contributed by atoms with E-state index in [0.717, 1.165) is 0 Å². The summed E-state index contributed by atoms with van der Waals surface area (Å²) in [6.07, 6.45) is 10.9. The molecule has 0 amide bonds. The fraction of sp³-hybridized carbons (Fsp3) is 0.286. The normalized spacial score (nSPS) is 8.42. The van der Waals surface area contributed by atoms with Gasteiger partial charge in [-0.25, -0.2) is 9.13 Å².